The fourth-order valence-corrected chi connectivity index (χ4v) is 2.35. The third-order valence-electron chi connectivity index (χ3n) is 3.39. The van der Waals surface area contributed by atoms with E-state index in [0.717, 1.165) is 49.4 Å². The number of hydrogen-bond donors (Lipinski definition) is 1. The van der Waals surface area contributed by atoms with Crippen molar-refractivity contribution in [3.05, 3.63) is 23.8 Å². The summed E-state index contributed by atoms with van der Waals surface area (Å²) < 4.78 is 5.56. The molecule has 0 atom stereocenters. The number of ether oxygens (including phenoxy) is 1. The number of likely N-dealkylation sites (tertiary alicyclic amines) is 1. The molecule has 1 heterocycles. The summed E-state index contributed by atoms with van der Waals surface area (Å²) >= 11 is 0. The summed E-state index contributed by atoms with van der Waals surface area (Å²) in [7, 11) is 0. The van der Waals surface area contributed by atoms with E-state index in [1.54, 1.807) is 0 Å². The zero-order valence-corrected chi connectivity index (χ0v) is 11.7. The number of benzene rings is 1. The third-order valence-corrected chi connectivity index (χ3v) is 3.39. The maximum atomic E-state index is 12.0. The van der Waals surface area contributed by atoms with Gasteiger partial charge in [0.2, 0.25) is 0 Å². The molecule has 0 unspecified atom stereocenters. The molecule has 1 aliphatic rings. The highest BCUT2D eigenvalue weighted by atomic mass is 16.5. The smallest absolute Gasteiger partial charge is 0.321 e. The van der Waals surface area contributed by atoms with E-state index >= 15 is 0 Å². The first-order valence-corrected chi connectivity index (χ1v) is 7.06. The summed E-state index contributed by atoms with van der Waals surface area (Å²) in [4.78, 5) is 13.9. The van der Waals surface area contributed by atoms with Crippen LogP contribution in [-0.4, -0.2) is 30.6 Å². The van der Waals surface area contributed by atoms with Gasteiger partial charge in [0.1, 0.15) is 5.75 Å². The van der Waals surface area contributed by atoms with Gasteiger partial charge in [0.25, 0.3) is 0 Å². The molecule has 0 spiro atoms. The van der Waals surface area contributed by atoms with E-state index in [1.807, 2.05) is 30.0 Å². The number of carbonyl (C=O) groups is 1. The summed E-state index contributed by atoms with van der Waals surface area (Å²) in [5.41, 5.74) is 1.97. The van der Waals surface area contributed by atoms with Crippen molar-refractivity contribution < 1.29 is 9.53 Å². The van der Waals surface area contributed by atoms with Crippen LogP contribution in [0.2, 0.25) is 0 Å². The van der Waals surface area contributed by atoms with Gasteiger partial charge in [-0.25, -0.2) is 4.79 Å². The maximum absolute atomic E-state index is 12.0. The molecule has 0 aliphatic carbocycles. The molecule has 1 saturated heterocycles. The van der Waals surface area contributed by atoms with Crippen LogP contribution in [0.5, 0.6) is 5.75 Å². The molecular formula is C15H22N2O2. The van der Waals surface area contributed by atoms with Gasteiger partial charge in [0.15, 0.2) is 0 Å². The van der Waals surface area contributed by atoms with Crippen LogP contribution in [0.1, 0.15) is 32.3 Å². The van der Waals surface area contributed by atoms with Crippen molar-refractivity contribution in [1.82, 2.24) is 4.90 Å². The monoisotopic (exact) mass is 262 g/mol. The van der Waals surface area contributed by atoms with Crippen LogP contribution >= 0.6 is 0 Å². The van der Waals surface area contributed by atoms with E-state index in [4.69, 9.17) is 4.74 Å². The first-order valence-electron chi connectivity index (χ1n) is 7.06. The molecule has 2 amide bonds. The molecule has 104 valence electrons. The molecule has 0 saturated carbocycles. The number of nitrogens with zero attached hydrogens (tertiary/aromatic N) is 1. The predicted molar refractivity (Wildman–Crippen MR) is 76.8 cm³/mol. The zero-order chi connectivity index (χ0) is 13.7. The molecule has 2 rings (SSSR count). The second kappa shape index (κ2) is 6.45. The molecule has 4 nitrogen and oxygen atoms in total. The molecule has 19 heavy (non-hydrogen) atoms. The lowest BCUT2D eigenvalue weighted by molar-refractivity contribution is 0.222. The Hall–Kier alpha value is -1.71. The number of carbonyl (C=O) groups excluding carboxylic acids is 1. The number of rotatable bonds is 4. The van der Waals surface area contributed by atoms with Gasteiger partial charge in [-0.1, -0.05) is 6.92 Å². The lowest BCUT2D eigenvalue weighted by Crippen LogP contribution is -2.32. The average molecular weight is 262 g/mol. The highest BCUT2D eigenvalue weighted by molar-refractivity contribution is 5.89. The van der Waals surface area contributed by atoms with Crippen LogP contribution in [0.25, 0.3) is 0 Å². The third kappa shape index (κ3) is 3.40. The van der Waals surface area contributed by atoms with Crippen molar-refractivity contribution in [3.8, 4) is 5.75 Å². The Balaban J connectivity index is 2.05. The van der Waals surface area contributed by atoms with E-state index in [0.29, 0.717) is 6.61 Å². The SMILES string of the molecule is CCOc1ccc(NC(=O)N2CCCC2)cc1CC. The van der Waals surface area contributed by atoms with E-state index < -0.39 is 0 Å². The van der Waals surface area contributed by atoms with Crippen molar-refractivity contribution in [2.24, 2.45) is 0 Å². The molecule has 1 N–H and O–H groups in total. The molecule has 1 aliphatic heterocycles. The van der Waals surface area contributed by atoms with Crippen LogP contribution in [0.4, 0.5) is 10.5 Å². The van der Waals surface area contributed by atoms with Gasteiger partial charge < -0.3 is 15.0 Å². The minimum atomic E-state index is 0.00344. The Morgan fingerprint density at radius 1 is 1.32 bits per heavy atom. The van der Waals surface area contributed by atoms with Crippen LogP contribution in [0, 0.1) is 0 Å². The van der Waals surface area contributed by atoms with E-state index in [1.165, 1.54) is 0 Å². The van der Waals surface area contributed by atoms with E-state index in [9.17, 15) is 4.79 Å². The average Bonchev–Trinajstić information content (AvgIpc) is 2.94. The Kier molecular flexibility index (Phi) is 4.66. The molecule has 1 aromatic carbocycles. The highest BCUT2D eigenvalue weighted by Gasteiger charge is 2.17. The summed E-state index contributed by atoms with van der Waals surface area (Å²) in [5.74, 6) is 0.907. The Morgan fingerprint density at radius 2 is 2.05 bits per heavy atom. The molecule has 0 aromatic heterocycles. The van der Waals surface area contributed by atoms with Gasteiger partial charge in [-0.15, -0.1) is 0 Å². The molecule has 0 bridgehead atoms. The molecule has 1 fully saturated rings. The van der Waals surface area contributed by atoms with Gasteiger partial charge >= 0.3 is 6.03 Å². The number of anilines is 1. The minimum Gasteiger partial charge on any atom is -0.494 e. The fraction of sp³-hybridized carbons (Fsp3) is 0.533. The van der Waals surface area contributed by atoms with Crippen LogP contribution in [-0.2, 0) is 6.42 Å². The number of nitrogens with one attached hydrogen (secondary N) is 1. The fourth-order valence-electron chi connectivity index (χ4n) is 2.35. The van der Waals surface area contributed by atoms with Crippen LogP contribution in [0.3, 0.4) is 0 Å². The molecule has 1 aromatic rings. The lowest BCUT2D eigenvalue weighted by Gasteiger charge is -2.17. The Morgan fingerprint density at radius 3 is 2.68 bits per heavy atom. The van der Waals surface area contributed by atoms with Crippen LogP contribution in [0.15, 0.2) is 18.2 Å². The van der Waals surface area contributed by atoms with Gasteiger partial charge in [0.05, 0.1) is 6.61 Å². The maximum Gasteiger partial charge on any atom is 0.321 e. The summed E-state index contributed by atoms with van der Waals surface area (Å²) in [5, 5.41) is 2.96. The van der Waals surface area contributed by atoms with Gasteiger partial charge in [-0.05, 0) is 49.9 Å². The molecule has 0 radical (unpaired) electrons. The van der Waals surface area contributed by atoms with Crippen molar-refractivity contribution in [3.63, 3.8) is 0 Å². The minimum absolute atomic E-state index is 0.00344. The van der Waals surface area contributed by atoms with E-state index in [2.05, 4.69) is 12.2 Å². The van der Waals surface area contributed by atoms with Gasteiger partial charge in [0, 0.05) is 18.8 Å². The van der Waals surface area contributed by atoms with E-state index in [-0.39, 0.29) is 6.03 Å². The number of urea groups is 1. The normalized spacial score (nSPS) is 14.5. The lowest BCUT2D eigenvalue weighted by atomic mass is 10.1. The van der Waals surface area contributed by atoms with Crippen molar-refractivity contribution >= 4 is 11.7 Å². The summed E-state index contributed by atoms with van der Waals surface area (Å²) in [6.07, 6.45) is 3.11. The Bertz CT molecular complexity index is 440. The molecular weight excluding hydrogens is 240 g/mol. The number of aryl methyl sites for hydroxylation is 1. The van der Waals surface area contributed by atoms with Gasteiger partial charge in [-0.2, -0.15) is 0 Å². The quantitative estimate of drug-likeness (QED) is 0.904. The van der Waals surface area contributed by atoms with Crippen molar-refractivity contribution in [2.45, 2.75) is 33.1 Å². The highest BCUT2D eigenvalue weighted by Crippen LogP contribution is 2.24. The van der Waals surface area contributed by atoms with Crippen molar-refractivity contribution in [2.75, 3.05) is 25.0 Å². The second-order valence-electron chi connectivity index (χ2n) is 4.73. The number of hydrogen-bond acceptors (Lipinski definition) is 2. The zero-order valence-electron chi connectivity index (χ0n) is 11.7. The summed E-state index contributed by atoms with van der Waals surface area (Å²) in [6.45, 7) is 6.45. The predicted octanol–water partition coefficient (Wildman–Crippen LogP) is 3.28. The summed E-state index contributed by atoms with van der Waals surface area (Å²) in [6, 6.07) is 5.84. The Labute approximate surface area is 114 Å². The first kappa shape index (κ1) is 13.7. The standard InChI is InChI=1S/C15H22N2O2/c1-3-12-11-13(7-8-14(12)19-4-2)16-15(18)17-9-5-6-10-17/h7-8,11H,3-6,9-10H2,1-2H3,(H,16,18). The van der Waals surface area contributed by atoms with Gasteiger partial charge in [-0.3, -0.25) is 0 Å². The van der Waals surface area contributed by atoms with Crippen molar-refractivity contribution in [1.29, 1.82) is 0 Å². The second-order valence-corrected chi connectivity index (χ2v) is 4.73. The molecule has 4 heteroatoms. The number of amides is 2. The first-order chi connectivity index (χ1) is 9.24. The topological polar surface area (TPSA) is 41.6 Å². The van der Waals surface area contributed by atoms with Crippen LogP contribution < -0.4 is 10.1 Å². The largest absolute Gasteiger partial charge is 0.494 e.